The number of ether oxygens (including phenoxy) is 2. The van der Waals surface area contributed by atoms with Crippen LogP contribution in [0.25, 0.3) is 0 Å². The first-order valence-corrected chi connectivity index (χ1v) is 7.46. The van der Waals surface area contributed by atoms with E-state index in [4.69, 9.17) is 14.7 Å². The molecule has 0 unspecified atom stereocenters. The number of amides is 1. The van der Waals surface area contributed by atoms with E-state index in [2.05, 4.69) is 6.07 Å². The molecule has 120 valence electrons. The van der Waals surface area contributed by atoms with E-state index in [0.717, 1.165) is 0 Å². The van der Waals surface area contributed by atoms with Crippen LogP contribution in [0.15, 0.2) is 18.2 Å². The topological polar surface area (TPSA) is 62.6 Å². The first-order valence-electron chi connectivity index (χ1n) is 7.46. The van der Waals surface area contributed by atoms with Crippen molar-refractivity contribution < 1.29 is 14.3 Å². The summed E-state index contributed by atoms with van der Waals surface area (Å²) in [5, 5.41) is 8.91. The van der Waals surface area contributed by atoms with E-state index in [1.54, 1.807) is 37.1 Å². The maximum Gasteiger partial charge on any atom is 0.254 e. The van der Waals surface area contributed by atoms with Gasteiger partial charge < -0.3 is 14.4 Å². The second kappa shape index (κ2) is 8.28. The third-order valence-corrected chi connectivity index (χ3v) is 3.16. The van der Waals surface area contributed by atoms with Crippen LogP contribution in [0.4, 0.5) is 0 Å². The van der Waals surface area contributed by atoms with E-state index in [0.29, 0.717) is 30.2 Å². The van der Waals surface area contributed by atoms with E-state index >= 15 is 0 Å². The molecule has 1 amide bonds. The molecule has 0 bridgehead atoms. The lowest BCUT2D eigenvalue weighted by molar-refractivity contribution is 0.0752. The van der Waals surface area contributed by atoms with Gasteiger partial charge in [0.05, 0.1) is 25.2 Å². The highest BCUT2D eigenvalue weighted by molar-refractivity contribution is 5.95. The van der Waals surface area contributed by atoms with Crippen molar-refractivity contribution in [2.75, 3.05) is 20.2 Å². The minimum absolute atomic E-state index is 0.0269. The molecule has 0 radical (unpaired) electrons. The maximum atomic E-state index is 12.5. The monoisotopic (exact) mass is 304 g/mol. The zero-order chi connectivity index (χ0) is 16.7. The Kier molecular flexibility index (Phi) is 6.71. The van der Waals surface area contributed by atoms with Gasteiger partial charge in [0, 0.05) is 18.7 Å². The summed E-state index contributed by atoms with van der Waals surface area (Å²) in [4.78, 5) is 14.2. The Morgan fingerprint density at radius 1 is 1.32 bits per heavy atom. The molecule has 0 fully saturated rings. The first kappa shape index (κ1) is 17.8. The summed E-state index contributed by atoms with van der Waals surface area (Å²) in [6.45, 7) is 8.53. The lowest BCUT2D eigenvalue weighted by Gasteiger charge is -2.22. The highest BCUT2D eigenvalue weighted by atomic mass is 16.5. The highest BCUT2D eigenvalue weighted by Crippen LogP contribution is 2.29. The molecule has 0 N–H and O–H groups in total. The van der Waals surface area contributed by atoms with Crippen molar-refractivity contribution in [3.05, 3.63) is 23.8 Å². The second-order valence-electron chi connectivity index (χ2n) is 5.41. The molecular formula is C17H24N2O3. The molecule has 0 aliphatic heterocycles. The van der Waals surface area contributed by atoms with Gasteiger partial charge in [-0.15, -0.1) is 0 Å². The van der Waals surface area contributed by atoms with Crippen LogP contribution in [-0.2, 0) is 0 Å². The fraction of sp³-hybridized carbons (Fsp3) is 0.529. The fourth-order valence-corrected chi connectivity index (χ4v) is 2.06. The lowest BCUT2D eigenvalue weighted by Crippen LogP contribution is -2.34. The summed E-state index contributed by atoms with van der Waals surface area (Å²) in [5.41, 5.74) is 0.528. The van der Waals surface area contributed by atoms with Crippen LogP contribution in [0.2, 0.25) is 0 Å². The number of carbonyl (C=O) groups excluding carboxylic acids is 1. The molecule has 0 saturated heterocycles. The van der Waals surface area contributed by atoms with Crippen LogP contribution in [-0.4, -0.2) is 37.1 Å². The summed E-state index contributed by atoms with van der Waals surface area (Å²) in [7, 11) is 1.55. The van der Waals surface area contributed by atoms with Crippen LogP contribution < -0.4 is 9.47 Å². The average Bonchev–Trinajstić information content (AvgIpc) is 2.51. The van der Waals surface area contributed by atoms with Crippen molar-refractivity contribution in [3.63, 3.8) is 0 Å². The molecule has 0 saturated carbocycles. The number of nitriles is 1. The molecule has 0 spiro atoms. The van der Waals surface area contributed by atoms with Crippen molar-refractivity contribution >= 4 is 5.91 Å². The normalized spacial score (nSPS) is 11.7. The molecule has 5 heteroatoms. The minimum Gasteiger partial charge on any atom is -0.493 e. The standard InChI is InChI=1S/C17H24N2O3/c1-6-19(11-13(4)10-18)17(20)14-7-8-15(22-12(2)3)16(9-14)21-5/h7-9,12-13H,6,11H2,1-5H3/t13-/m1/s1. The predicted octanol–water partition coefficient (Wildman–Crippen LogP) is 3.10. The SMILES string of the molecule is CCN(C[C@H](C)C#N)C(=O)c1ccc(OC(C)C)c(OC)c1. The Bertz CT molecular complexity index is 549. The summed E-state index contributed by atoms with van der Waals surface area (Å²) >= 11 is 0. The maximum absolute atomic E-state index is 12.5. The molecule has 0 heterocycles. The molecule has 1 atom stereocenters. The minimum atomic E-state index is -0.200. The van der Waals surface area contributed by atoms with Crippen molar-refractivity contribution in [1.29, 1.82) is 5.26 Å². The van der Waals surface area contributed by atoms with Crippen LogP contribution in [0.1, 0.15) is 38.1 Å². The number of nitrogens with zero attached hydrogens (tertiary/aromatic N) is 2. The second-order valence-corrected chi connectivity index (χ2v) is 5.41. The van der Waals surface area contributed by atoms with Gasteiger partial charge >= 0.3 is 0 Å². The summed E-state index contributed by atoms with van der Waals surface area (Å²) < 4.78 is 11.0. The Morgan fingerprint density at radius 2 is 2.00 bits per heavy atom. The van der Waals surface area contributed by atoms with Crippen molar-refractivity contribution in [2.45, 2.75) is 33.8 Å². The van der Waals surface area contributed by atoms with Gasteiger partial charge in [0.2, 0.25) is 0 Å². The number of rotatable bonds is 7. The molecule has 1 aromatic rings. The van der Waals surface area contributed by atoms with E-state index < -0.39 is 0 Å². The first-order chi connectivity index (χ1) is 10.4. The molecule has 1 rings (SSSR count). The molecular weight excluding hydrogens is 280 g/mol. The number of hydrogen-bond donors (Lipinski definition) is 0. The van der Waals surface area contributed by atoms with Gasteiger partial charge in [-0.05, 0) is 45.9 Å². The largest absolute Gasteiger partial charge is 0.493 e. The Labute approximate surface area is 132 Å². The van der Waals surface area contributed by atoms with Gasteiger partial charge in [-0.25, -0.2) is 0 Å². The number of benzene rings is 1. The third-order valence-electron chi connectivity index (χ3n) is 3.16. The summed E-state index contributed by atoms with van der Waals surface area (Å²) in [6.07, 6.45) is 0.0269. The fourth-order valence-electron chi connectivity index (χ4n) is 2.06. The quantitative estimate of drug-likeness (QED) is 0.776. The molecule has 1 aromatic carbocycles. The van der Waals surface area contributed by atoms with Gasteiger partial charge in [0.1, 0.15) is 0 Å². The Hall–Kier alpha value is -2.22. The van der Waals surface area contributed by atoms with Gasteiger partial charge in [-0.3, -0.25) is 4.79 Å². The molecule has 0 aliphatic rings. The summed E-state index contributed by atoms with van der Waals surface area (Å²) in [5.74, 6) is 0.833. The Balaban J connectivity index is 3.00. The van der Waals surface area contributed by atoms with E-state index in [1.807, 2.05) is 20.8 Å². The van der Waals surface area contributed by atoms with Gasteiger partial charge in [0.15, 0.2) is 11.5 Å². The van der Waals surface area contributed by atoms with Gasteiger partial charge in [-0.2, -0.15) is 5.26 Å². The number of hydrogen-bond acceptors (Lipinski definition) is 4. The van der Waals surface area contributed by atoms with E-state index in [9.17, 15) is 4.79 Å². The molecule has 5 nitrogen and oxygen atoms in total. The zero-order valence-electron chi connectivity index (χ0n) is 13.9. The zero-order valence-corrected chi connectivity index (χ0v) is 13.9. The summed E-state index contributed by atoms with van der Waals surface area (Å²) in [6, 6.07) is 7.30. The number of carbonyl (C=O) groups is 1. The lowest BCUT2D eigenvalue weighted by atomic mass is 10.1. The third kappa shape index (κ3) is 4.66. The highest BCUT2D eigenvalue weighted by Gasteiger charge is 2.18. The van der Waals surface area contributed by atoms with E-state index in [1.165, 1.54) is 0 Å². The van der Waals surface area contributed by atoms with Crippen LogP contribution in [0.3, 0.4) is 0 Å². The van der Waals surface area contributed by atoms with Crippen LogP contribution >= 0.6 is 0 Å². The van der Waals surface area contributed by atoms with Crippen molar-refractivity contribution in [3.8, 4) is 17.6 Å². The van der Waals surface area contributed by atoms with Crippen LogP contribution in [0, 0.1) is 17.2 Å². The molecule has 0 aliphatic carbocycles. The Morgan fingerprint density at radius 3 is 2.50 bits per heavy atom. The average molecular weight is 304 g/mol. The molecule has 0 aromatic heterocycles. The molecule has 22 heavy (non-hydrogen) atoms. The predicted molar refractivity (Wildman–Crippen MR) is 85.1 cm³/mol. The smallest absolute Gasteiger partial charge is 0.254 e. The van der Waals surface area contributed by atoms with Crippen LogP contribution in [0.5, 0.6) is 11.5 Å². The van der Waals surface area contributed by atoms with Gasteiger partial charge in [-0.1, -0.05) is 0 Å². The number of methoxy groups -OCH3 is 1. The van der Waals surface area contributed by atoms with Crippen molar-refractivity contribution in [1.82, 2.24) is 4.90 Å². The van der Waals surface area contributed by atoms with Gasteiger partial charge in [0.25, 0.3) is 5.91 Å². The van der Waals surface area contributed by atoms with Crippen molar-refractivity contribution in [2.24, 2.45) is 5.92 Å². The van der Waals surface area contributed by atoms with E-state index in [-0.39, 0.29) is 17.9 Å².